The van der Waals surface area contributed by atoms with Crippen molar-refractivity contribution in [3.8, 4) is 28.6 Å². The molecule has 0 unspecified atom stereocenters. The summed E-state index contributed by atoms with van der Waals surface area (Å²) in [6.07, 6.45) is 3.27. The van der Waals surface area contributed by atoms with Gasteiger partial charge in [-0.3, -0.25) is 15.1 Å². The first-order valence-corrected chi connectivity index (χ1v) is 10.8. The fourth-order valence-corrected chi connectivity index (χ4v) is 4.10. The third kappa shape index (κ3) is 4.13. The lowest BCUT2D eigenvalue weighted by Gasteiger charge is -2.37. The molecule has 4 aromatic rings. The number of aromatic nitrogens is 3. The van der Waals surface area contributed by atoms with E-state index in [9.17, 15) is 10.1 Å². The Morgan fingerprint density at radius 2 is 1.74 bits per heavy atom. The first-order chi connectivity index (χ1) is 16.6. The number of para-hydroxylation sites is 2. The number of anilines is 2. The van der Waals surface area contributed by atoms with Crippen molar-refractivity contribution < 1.29 is 14.2 Å². The van der Waals surface area contributed by atoms with Crippen LogP contribution in [0.2, 0.25) is 0 Å². The van der Waals surface area contributed by atoms with Crippen LogP contribution in [0.15, 0.2) is 71.5 Å². The Balaban J connectivity index is 1.37. The van der Waals surface area contributed by atoms with Crippen LogP contribution in [0.5, 0.6) is 5.75 Å². The van der Waals surface area contributed by atoms with Gasteiger partial charge in [-0.05, 0) is 36.4 Å². The number of nitro benzene ring substituents is 1. The zero-order chi connectivity index (χ0) is 23.5. The molecule has 34 heavy (non-hydrogen) atoms. The van der Waals surface area contributed by atoms with E-state index in [-0.39, 0.29) is 16.4 Å². The number of pyridine rings is 1. The van der Waals surface area contributed by atoms with Gasteiger partial charge in [0.05, 0.1) is 23.3 Å². The second-order valence-corrected chi connectivity index (χ2v) is 7.77. The molecule has 0 atom stereocenters. The van der Waals surface area contributed by atoms with Gasteiger partial charge in [-0.2, -0.15) is 4.98 Å². The molecule has 0 saturated carbocycles. The summed E-state index contributed by atoms with van der Waals surface area (Å²) in [6, 6.07) is 16.5. The van der Waals surface area contributed by atoms with Gasteiger partial charge in [-0.25, -0.2) is 0 Å². The number of nitrogens with zero attached hydrogens (tertiary/aromatic N) is 6. The largest absolute Gasteiger partial charge is 0.495 e. The van der Waals surface area contributed by atoms with Crippen LogP contribution in [0.25, 0.3) is 22.8 Å². The lowest BCUT2D eigenvalue weighted by atomic mass is 10.1. The number of benzene rings is 2. The minimum absolute atomic E-state index is 0.0102. The lowest BCUT2D eigenvalue weighted by Crippen LogP contribution is -2.46. The number of ether oxygens (including phenoxy) is 1. The van der Waals surface area contributed by atoms with Gasteiger partial charge in [0, 0.05) is 50.2 Å². The Morgan fingerprint density at radius 1 is 0.971 bits per heavy atom. The summed E-state index contributed by atoms with van der Waals surface area (Å²) in [6.45, 7) is 2.73. The number of methoxy groups -OCH3 is 1. The van der Waals surface area contributed by atoms with Crippen molar-refractivity contribution in [3.05, 3.63) is 77.1 Å². The van der Waals surface area contributed by atoms with Crippen LogP contribution in [0.4, 0.5) is 17.1 Å². The van der Waals surface area contributed by atoms with Crippen LogP contribution in [-0.2, 0) is 0 Å². The molecule has 2 aromatic carbocycles. The van der Waals surface area contributed by atoms with Crippen molar-refractivity contribution in [2.75, 3.05) is 43.1 Å². The summed E-state index contributed by atoms with van der Waals surface area (Å²) in [5, 5.41) is 15.9. The normalized spacial score (nSPS) is 13.7. The highest BCUT2D eigenvalue weighted by Gasteiger charge is 2.26. The highest BCUT2D eigenvalue weighted by Crippen LogP contribution is 2.35. The zero-order valence-corrected chi connectivity index (χ0v) is 18.5. The summed E-state index contributed by atoms with van der Waals surface area (Å²) < 4.78 is 10.8. The Kier molecular flexibility index (Phi) is 5.77. The molecule has 0 radical (unpaired) electrons. The average Bonchev–Trinajstić information content (AvgIpc) is 3.39. The first kappa shape index (κ1) is 21.4. The van der Waals surface area contributed by atoms with Crippen molar-refractivity contribution in [3.63, 3.8) is 0 Å². The molecule has 2 aromatic heterocycles. The predicted octanol–water partition coefficient (Wildman–Crippen LogP) is 4.04. The molecule has 1 fully saturated rings. The molecule has 0 spiro atoms. The van der Waals surface area contributed by atoms with Crippen LogP contribution < -0.4 is 14.5 Å². The van der Waals surface area contributed by atoms with E-state index < -0.39 is 0 Å². The topological polar surface area (TPSA) is 111 Å². The number of piperazine rings is 1. The van der Waals surface area contributed by atoms with E-state index in [2.05, 4.69) is 20.0 Å². The second-order valence-electron chi connectivity index (χ2n) is 7.77. The number of nitro groups is 1. The van der Waals surface area contributed by atoms with Gasteiger partial charge in [0.1, 0.15) is 11.4 Å². The lowest BCUT2D eigenvalue weighted by molar-refractivity contribution is -0.384. The van der Waals surface area contributed by atoms with Gasteiger partial charge < -0.3 is 19.1 Å². The summed E-state index contributed by atoms with van der Waals surface area (Å²) in [5.74, 6) is 1.41. The Bertz CT molecular complexity index is 1300. The van der Waals surface area contributed by atoms with Crippen LogP contribution in [0, 0.1) is 10.1 Å². The highest BCUT2D eigenvalue weighted by atomic mass is 16.6. The van der Waals surface area contributed by atoms with Crippen LogP contribution in [0.1, 0.15) is 0 Å². The van der Waals surface area contributed by atoms with Crippen molar-refractivity contribution in [1.29, 1.82) is 0 Å². The average molecular weight is 458 g/mol. The molecule has 5 rings (SSSR count). The van der Waals surface area contributed by atoms with Gasteiger partial charge >= 0.3 is 0 Å². The molecule has 1 aliphatic rings. The maximum absolute atomic E-state index is 11.9. The maximum Gasteiger partial charge on any atom is 0.293 e. The van der Waals surface area contributed by atoms with Gasteiger partial charge in [0.2, 0.25) is 5.82 Å². The van der Waals surface area contributed by atoms with E-state index in [0.29, 0.717) is 35.8 Å². The van der Waals surface area contributed by atoms with Gasteiger partial charge in [0.25, 0.3) is 11.6 Å². The molecule has 172 valence electrons. The number of hydrogen-bond acceptors (Lipinski definition) is 9. The van der Waals surface area contributed by atoms with E-state index in [0.717, 1.165) is 24.5 Å². The Morgan fingerprint density at radius 3 is 2.44 bits per heavy atom. The predicted molar refractivity (Wildman–Crippen MR) is 127 cm³/mol. The molecular formula is C24H22N6O4. The van der Waals surface area contributed by atoms with Gasteiger partial charge in [0.15, 0.2) is 0 Å². The van der Waals surface area contributed by atoms with Crippen LogP contribution >= 0.6 is 0 Å². The van der Waals surface area contributed by atoms with Crippen molar-refractivity contribution in [2.24, 2.45) is 0 Å². The fourth-order valence-electron chi connectivity index (χ4n) is 4.10. The maximum atomic E-state index is 11.9. The third-order valence-electron chi connectivity index (χ3n) is 5.81. The molecule has 0 bridgehead atoms. The van der Waals surface area contributed by atoms with E-state index in [1.54, 1.807) is 43.8 Å². The second kappa shape index (κ2) is 9.18. The SMILES string of the molecule is COc1ccccc1N1CCN(c2ccc(-c3noc(-c4cccnc4)n3)cc2[N+](=O)[O-])CC1. The number of rotatable bonds is 6. The van der Waals surface area contributed by atoms with Crippen LogP contribution in [-0.4, -0.2) is 53.3 Å². The van der Waals surface area contributed by atoms with Crippen molar-refractivity contribution in [2.45, 2.75) is 0 Å². The molecule has 10 heteroatoms. The standard InChI is InChI=1S/C24H22N6O4/c1-33-22-7-3-2-6-20(22)29-13-11-28(12-14-29)19-9-8-17(15-21(19)30(31)32)23-26-24(34-27-23)18-5-4-10-25-16-18/h2-10,15-16H,11-14H2,1H3. The molecule has 0 N–H and O–H groups in total. The monoisotopic (exact) mass is 458 g/mol. The third-order valence-corrected chi connectivity index (χ3v) is 5.81. The first-order valence-electron chi connectivity index (χ1n) is 10.8. The summed E-state index contributed by atoms with van der Waals surface area (Å²) in [7, 11) is 1.66. The quantitative estimate of drug-likeness (QED) is 0.312. The molecular weight excluding hydrogens is 436 g/mol. The summed E-state index contributed by atoms with van der Waals surface area (Å²) >= 11 is 0. The minimum Gasteiger partial charge on any atom is -0.495 e. The molecule has 1 saturated heterocycles. The smallest absolute Gasteiger partial charge is 0.293 e. The van der Waals surface area contributed by atoms with E-state index in [1.807, 2.05) is 29.2 Å². The van der Waals surface area contributed by atoms with Crippen LogP contribution in [0.3, 0.4) is 0 Å². The highest BCUT2D eigenvalue weighted by molar-refractivity contribution is 5.72. The van der Waals surface area contributed by atoms with E-state index in [1.165, 1.54) is 6.07 Å². The fraction of sp³-hybridized carbons (Fsp3) is 0.208. The summed E-state index contributed by atoms with van der Waals surface area (Å²) in [5.41, 5.74) is 2.80. The van der Waals surface area contributed by atoms with E-state index >= 15 is 0 Å². The minimum atomic E-state index is -0.368. The van der Waals surface area contributed by atoms with Crippen molar-refractivity contribution in [1.82, 2.24) is 15.1 Å². The number of hydrogen-bond donors (Lipinski definition) is 0. The van der Waals surface area contributed by atoms with E-state index in [4.69, 9.17) is 9.26 Å². The van der Waals surface area contributed by atoms with Crippen molar-refractivity contribution >= 4 is 17.1 Å². The summed E-state index contributed by atoms with van der Waals surface area (Å²) in [4.78, 5) is 24.2. The Labute approximate surface area is 195 Å². The van der Waals surface area contributed by atoms with Gasteiger partial charge in [-0.1, -0.05) is 17.3 Å². The molecule has 1 aliphatic heterocycles. The zero-order valence-electron chi connectivity index (χ0n) is 18.5. The molecule has 3 heterocycles. The van der Waals surface area contributed by atoms with Gasteiger partial charge in [-0.15, -0.1) is 0 Å². The Hall–Kier alpha value is -4.47. The molecule has 10 nitrogen and oxygen atoms in total. The molecule has 0 aliphatic carbocycles. The molecule has 0 amide bonds.